The van der Waals surface area contributed by atoms with Gasteiger partial charge < -0.3 is 9.63 Å². The summed E-state index contributed by atoms with van der Waals surface area (Å²) in [5.41, 5.74) is 0.716. The van der Waals surface area contributed by atoms with Gasteiger partial charge in [0.05, 0.1) is 12.4 Å². The minimum Gasteiger partial charge on any atom is -0.396 e. The molecule has 1 N–H and O–H groups in total. The maximum absolute atomic E-state index is 12.7. The zero-order valence-corrected chi connectivity index (χ0v) is 9.78. The summed E-state index contributed by atoms with van der Waals surface area (Å²) in [5.74, 6) is 1.85. The Morgan fingerprint density at radius 3 is 2.76 bits per heavy atom. The van der Waals surface area contributed by atoms with Crippen LogP contribution in [0.5, 0.6) is 0 Å². The quantitative estimate of drug-likeness (QED) is 0.828. The first-order valence-electron chi connectivity index (χ1n) is 5.06. The molecule has 0 saturated carbocycles. The van der Waals surface area contributed by atoms with Crippen LogP contribution in [0.15, 0.2) is 28.8 Å². The Labute approximate surface area is 102 Å². The molecule has 17 heavy (non-hydrogen) atoms. The summed E-state index contributed by atoms with van der Waals surface area (Å²) in [7, 11) is 0. The van der Waals surface area contributed by atoms with Crippen LogP contribution in [0.25, 0.3) is 11.4 Å². The number of benzene rings is 1. The smallest absolute Gasteiger partial charge is 0.236 e. The van der Waals surface area contributed by atoms with E-state index in [2.05, 4.69) is 10.1 Å². The number of halogens is 1. The third-order valence-electron chi connectivity index (χ3n) is 2.03. The van der Waals surface area contributed by atoms with E-state index in [1.807, 2.05) is 0 Å². The highest BCUT2D eigenvalue weighted by Gasteiger charge is 2.08. The van der Waals surface area contributed by atoms with Gasteiger partial charge in [-0.3, -0.25) is 0 Å². The van der Waals surface area contributed by atoms with Gasteiger partial charge in [0, 0.05) is 11.3 Å². The van der Waals surface area contributed by atoms with Crippen LogP contribution in [0, 0.1) is 5.82 Å². The molecule has 0 fully saturated rings. The average molecular weight is 254 g/mol. The molecule has 1 heterocycles. The summed E-state index contributed by atoms with van der Waals surface area (Å²) in [4.78, 5) is 4.18. The Balaban J connectivity index is 2.04. The van der Waals surface area contributed by atoms with Crippen molar-refractivity contribution >= 4 is 11.8 Å². The van der Waals surface area contributed by atoms with Gasteiger partial charge in [0.2, 0.25) is 11.7 Å². The van der Waals surface area contributed by atoms with Crippen LogP contribution in [0.1, 0.15) is 5.89 Å². The van der Waals surface area contributed by atoms with Crippen molar-refractivity contribution in [2.45, 2.75) is 5.75 Å². The lowest BCUT2D eigenvalue weighted by Crippen LogP contribution is -1.88. The van der Waals surface area contributed by atoms with Gasteiger partial charge in [-0.25, -0.2) is 4.39 Å². The second-order valence-corrected chi connectivity index (χ2v) is 4.40. The lowest BCUT2D eigenvalue weighted by Gasteiger charge is -1.93. The van der Waals surface area contributed by atoms with E-state index in [1.54, 1.807) is 12.1 Å². The van der Waals surface area contributed by atoms with Crippen molar-refractivity contribution in [2.24, 2.45) is 0 Å². The van der Waals surface area contributed by atoms with Crippen molar-refractivity contribution in [1.82, 2.24) is 10.1 Å². The van der Waals surface area contributed by atoms with E-state index < -0.39 is 0 Å². The number of aliphatic hydroxyl groups is 1. The van der Waals surface area contributed by atoms with Gasteiger partial charge in [-0.15, -0.1) is 11.8 Å². The molecular formula is C11H11FN2O2S. The number of nitrogens with zero attached hydrogens (tertiary/aromatic N) is 2. The predicted octanol–water partition coefficient (Wildman–Crippen LogP) is 2.10. The van der Waals surface area contributed by atoms with E-state index in [0.29, 0.717) is 28.8 Å². The molecule has 4 nitrogen and oxygen atoms in total. The summed E-state index contributed by atoms with van der Waals surface area (Å²) in [6, 6.07) is 5.91. The Bertz CT molecular complexity index is 473. The van der Waals surface area contributed by atoms with E-state index in [9.17, 15) is 4.39 Å². The van der Waals surface area contributed by atoms with Crippen molar-refractivity contribution < 1.29 is 14.0 Å². The molecule has 1 aromatic heterocycles. The number of aliphatic hydroxyl groups excluding tert-OH is 1. The average Bonchev–Trinajstić information content (AvgIpc) is 2.79. The minimum absolute atomic E-state index is 0.129. The summed E-state index contributed by atoms with van der Waals surface area (Å²) >= 11 is 1.51. The standard InChI is InChI=1S/C11H11FN2O2S/c12-9-3-1-8(2-4-9)11-13-10(16-14-11)7-17-6-5-15/h1-4,15H,5-7H2. The minimum atomic E-state index is -0.295. The number of thioether (sulfide) groups is 1. The topological polar surface area (TPSA) is 59.2 Å². The molecule has 0 spiro atoms. The first-order chi connectivity index (χ1) is 8.29. The molecule has 0 amide bonds. The third kappa shape index (κ3) is 3.28. The highest BCUT2D eigenvalue weighted by molar-refractivity contribution is 7.98. The third-order valence-corrected chi connectivity index (χ3v) is 2.95. The van der Waals surface area contributed by atoms with Crippen molar-refractivity contribution in [3.63, 3.8) is 0 Å². The van der Waals surface area contributed by atoms with Gasteiger partial charge in [0.15, 0.2) is 0 Å². The van der Waals surface area contributed by atoms with Crippen LogP contribution in [-0.4, -0.2) is 27.6 Å². The number of aromatic nitrogens is 2. The summed E-state index contributed by atoms with van der Waals surface area (Å²) < 4.78 is 17.8. The van der Waals surface area contributed by atoms with Crippen molar-refractivity contribution in [3.8, 4) is 11.4 Å². The van der Waals surface area contributed by atoms with Gasteiger partial charge in [-0.05, 0) is 24.3 Å². The van der Waals surface area contributed by atoms with Gasteiger partial charge in [-0.2, -0.15) is 4.98 Å². The summed E-state index contributed by atoms with van der Waals surface area (Å²) in [6.07, 6.45) is 0. The van der Waals surface area contributed by atoms with Gasteiger partial charge in [-0.1, -0.05) is 5.16 Å². The SMILES string of the molecule is OCCSCc1nc(-c2ccc(F)cc2)no1. The van der Waals surface area contributed by atoms with Crippen LogP contribution >= 0.6 is 11.8 Å². The van der Waals surface area contributed by atoms with E-state index in [4.69, 9.17) is 9.63 Å². The van der Waals surface area contributed by atoms with E-state index >= 15 is 0 Å². The largest absolute Gasteiger partial charge is 0.396 e. The highest BCUT2D eigenvalue weighted by Crippen LogP contribution is 2.18. The highest BCUT2D eigenvalue weighted by atomic mass is 32.2. The fourth-order valence-corrected chi connectivity index (χ4v) is 1.82. The van der Waals surface area contributed by atoms with Crippen molar-refractivity contribution in [3.05, 3.63) is 36.0 Å². The predicted molar refractivity (Wildman–Crippen MR) is 62.9 cm³/mol. The Morgan fingerprint density at radius 1 is 1.29 bits per heavy atom. The van der Waals surface area contributed by atoms with E-state index in [-0.39, 0.29) is 12.4 Å². The Hall–Kier alpha value is -1.40. The molecular weight excluding hydrogens is 243 g/mol. The van der Waals surface area contributed by atoms with Crippen LogP contribution in [0.2, 0.25) is 0 Å². The first-order valence-corrected chi connectivity index (χ1v) is 6.22. The molecule has 2 aromatic rings. The lowest BCUT2D eigenvalue weighted by atomic mass is 10.2. The monoisotopic (exact) mass is 254 g/mol. The molecule has 0 saturated heterocycles. The molecule has 0 bridgehead atoms. The van der Waals surface area contributed by atoms with E-state index in [0.717, 1.165) is 0 Å². The van der Waals surface area contributed by atoms with Crippen LogP contribution in [0.3, 0.4) is 0 Å². The number of rotatable bonds is 5. The number of hydrogen-bond acceptors (Lipinski definition) is 5. The Morgan fingerprint density at radius 2 is 2.06 bits per heavy atom. The normalized spacial score (nSPS) is 10.7. The zero-order valence-electron chi connectivity index (χ0n) is 8.97. The molecule has 90 valence electrons. The molecule has 0 radical (unpaired) electrons. The second kappa shape index (κ2) is 5.79. The molecule has 0 aliphatic heterocycles. The molecule has 0 aliphatic carbocycles. The fraction of sp³-hybridized carbons (Fsp3) is 0.273. The van der Waals surface area contributed by atoms with E-state index in [1.165, 1.54) is 23.9 Å². The van der Waals surface area contributed by atoms with Crippen LogP contribution in [0.4, 0.5) is 4.39 Å². The fourth-order valence-electron chi connectivity index (χ4n) is 1.25. The molecule has 0 unspecified atom stereocenters. The molecule has 6 heteroatoms. The summed E-state index contributed by atoms with van der Waals surface area (Å²) in [6.45, 7) is 0.129. The second-order valence-electron chi connectivity index (χ2n) is 3.29. The van der Waals surface area contributed by atoms with Crippen LogP contribution in [-0.2, 0) is 5.75 Å². The van der Waals surface area contributed by atoms with Gasteiger partial charge in [0.25, 0.3) is 0 Å². The van der Waals surface area contributed by atoms with Gasteiger partial charge in [0.1, 0.15) is 5.82 Å². The molecule has 0 atom stereocenters. The van der Waals surface area contributed by atoms with Crippen molar-refractivity contribution in [2.75, 3.05) is 12.4 Å². The molecule has 2 rings (SSSR count). The lowest BCUT2D eigenvalue weighted by molar-refractivity contribution is 0.322. The van der Waals surface area contributed by atoms with Crippen molar-refractivity contribution in [1.29, 1.82) is 0 Å². The molecule has 0 aliphatic rings. The first kappa shape index (κ1) is 12.1. The van der Waals surface area contributed by atoms with Crippen LogP contribution < -0.4 is 0 Å². The Kier molecular flexibility index (Phi) is 4.11. The van der Waals surface area contributed by atoms with Gasteiger partial charge >= 0.3 is 0 Å². The maximum Gasteiger partial charge on any atom is 0.236 e. The summed E-state index contributed by atoms with van der Waals surface area (Å²) in [5, 5.41) is 12.4. The molecule has 1 aromatic carbocycles. The zero-order chi connectivity index (χ0) is 12.1. The maximum atomic E-state index is 12.7. The number of hydrogen-bond donors (Lipinski definition) is 1.